The molecule has 0 aliphatic heterocycles. The number of nitrogens with one attached hydrogen (secondary N) is 1. The molecule has 0 atom stereocenters. The highest BCUT2D eigenvalue weighted by molar-refractivity contribution is 7.02. The fourth-order valence-electron chi connectivity index (χ4n) is 0.908. The smallest absolute Gasteiger partial charge is 0.295 e. The molecule has 0 radical (unpaired) electrons. The van der Waals surface area contributed by atoms with Crippen molar-refractivity contribution in [2.45, 2.75) is 32.6 Å². The minimum atomic E-state index is -0.114. The summed E-state index contributed by atoms with van der Waals surface area (Å²) in [6.45, 7) is 2.16. The van der Waals surface area contributed by atoms with Crippen molar-refractivity contribution >= 4 is 11.5 Å². The van der Waals surface area contributed by atoms with Crippen molar-refractivity contribution in [3.05, 3.63) is 15.5 Å². The van der Waals surface area contributed by atoms with E-state index in [1.807, 2.05) is 0 Å². The topological polar surface area (TPSA) is 45.8 Å². The maximum Gasteiger partial charge on any atom is 0.343 e. The largest absolute Gasteiger partial charge is 0.343 e. The number of aryl methyl sites for hydroxylation is 1. The van der Waals surface area contributed by atoms with Gasteiger partial charge >= 0.3 is 4.87 Å². The number of aromatic nitrogens is 2. The third kappa shape index (κ3) is 2.84. The number of unbranched alkanes of at least 4 members (excludes halogenated alkanes) is 2. The summed E-state index contributed by atoms with van der Waals surface area (Å²) in [6.07, 6.45) is 4.44. The Labute approximate surface area is 69.6 Å². The summed E-state index contributed by atoms with van der Waals surface area (Å²) in [5.41, 5.74) is 0. The van der Waals surface area contributed by atoms with Gasteiger partial charge in [-0.25, -0.2) is 0 Å². The van der Waals surface area contributed by atoms with Crippen LogP contribution in [0.15, 0.2) is 4.79 Å². The van der Waals surface area contributed by atoms with E-state index in [-0.39, 0.29) is 4.87 Å². The first-order chi connectivity index (χ1) is 5.33. The molecule has 0 aromatic carbocycles. The number of aromatic amines is 1. The van der Waals surface area contributed by atoms with Gasteiger partial charge in [-0.2, -0.15) is 4.98 Å². The van der Waals surface area contributed by atoms with Gasteiger partial charge in [0.15, 0.2) is 0 Å². The predicted octanol–water partition coefficient (Wildman–Crippen LogP) is 1.56. The average molecular weight is 172 g/mol. The summed E-state index contributed by atoms with van der Waals surface area (Å²) in [6, 6.07) is 0. The van der Waals surface area contributed by atoms with Gasteiger partial charge in [0.25, 0.3) is 0 Å². The molecule has 0 saturated carbocycles. The lowest BCUT2D eigenvalue weighted by Gasteiger charge is -1.92. The molecule has 4 heteroatoms. The molecule has 0 spiro atoms. The van der Waals surface area contributed by atoms with Gasteiger partial charge in [0.2, 0.25) is 0 Å². The molecule has 0 bridgehead atoms. The molecule has 0 amide bonds. The number of rotatable bonds is 4. The van der Waals surface area contributed by atoms with E-state index in [0.717, 1.165) is 30.2 Å². The van der Waals surface area contributed by atoms with Crippen LogP contribution in [0.4, 0.5) is 0 Å². The lowest BCUT2D eigenvalue weighted by Crippen LogP contribution is -1.95. The summed E-state index contributed by atoms with van der Waals surface area (Å²) in [5, 5.41) is 0. The highest BCUT2D eigenvalue weighted by Crippen LogP contribution is 2.00. The molecular weight excluding hydrogens is 160 g/mol. The van der Waals surface area contributed by atoms with Crippen LogP contribution in [-0.2, 0) is 6.42 Å². The zero-order valence-electron chi connectivity index (χ0n) is 6.59. The van der Waals surface area contributed by atoms with Gasteiger partial charge in [0.1, 0.15) is 5.82 Å². The number of hydrogen-bond donors (Lipinski definition) is 1. The summed E-state index contributed by atoms with van der Waals surface area (Å²) in [4.78, 5) is 14.3. The minimum Gasteiger partial charge on any atom is -0.295 e. The first-order valence-corrected chi connectivity index (χ1v) is 4.69. The third-order valence-electron chi connectivity index (χ3n) is 1.50. The Morgan fingerprint density at radius 2 is 2.36 bits per heavy atom. The van der Waals surface area contributed by atoms with Crippen molar-refractivity contribution in [2.75, 3.05) is 0 Å². The van der Waals surface area contributed by atoms with Gasteiger partial charge in [0.05, 0.1) is 0 Å². The van der Waals surface area contributed by atoms with E-state index in [1.165, 1.54) is 12.8 Å². The van der Waals surface area contributed by atoms with Crippen molar-refractivity contribution in [3.63, 3.8) is 0 Å². The Morgan fingerprint density at radius 3 is 2.91 bits per heavy atom. The molecule has 11 heavy (non-hydrogen) atoms. The SMILES string of the molecule is CCCCCc1nc(=O)s[nH]1. The van der Waals surface area contributed by atoms with E-state index in [0.29, 0.717) is 0 Å². The Morgan fingerprint density at radius 1 is 1.55 bits per heavy atom. The highest BCUT2D eigenvalue weighted by atomic mass is 32.1. The maximum absolute atomic E-state index is 10.6. The second-order valence-corrected chi connectivity index (χ2v) is 3.24. The predicted molar refractivity (Wildman–Crippen MR) is 46.0 cm³/mol. The number of nitrogens with zero attached hydrogens (tertiary/aromatic N) is 1. The van der Waals surface area contributed by atoms with Crippen molar-refractivity contribution < 1.29 is 0 Å². The summed E-state index contributed by atoms with van der Waals surface area (Å²) in [5.74, 6) is 0.841. The van der Waals surface area contributed by atoms with E-state index >= 15 is 0 Å². The second-order valence-electron chi connectivity index (χ2n) is 2.49. The monoisotopic (exact) mass is 172 g/mol. The number of H-pyrrole nitrogens is 1. The van der Waals surface area contributed by atoms with Gasteiger partial charge < -0.3 is 0 Å². The van der Waals surface area contributed by atoms with Gasteiger partial charge in [0, 0.05) is 18.0 Å². The fraction of sp³-hybridized carbons (Fsp3) is 0.714. The second kappa shape index (κ2) is 4.28. The molecule has 0 aliphatic rings. The van der Waals surface area contributed by atoms with Gasteiger partial charge in [-0.3, -0.25) is 9.17 Å². The maximum atomic E-state index is 10.6. The molecular formula is C7H12N2OS. The molecule has 62 valence electrons. The van der Waals surface area contributed by atoms with Crippen molar-refractivity contribution in [1.29, 1.82) is 0 Å². The van der Waals surface area contributed by atoms with Gasteiger partial charge in [-0.15, -0.1) is 0 Å². The molecule has 1 rings (SSSR count). The molecule has 1 heterocycles. The molecule has 0 saturated heterocycles. The van der Waals surface area contributed by atoms with Crippen LogP contribution < -0.4 is 4.87 Å². The zero-order chi connectivity index (χ0) is 8.10. The highest BCUT2D eigenvalue weighted by Gasteiger charge is 1.96. The first kappa shape index (κ1) is 8.46. The Balaban J connectivity index is 2.33. The molecule has 0 unspecified atom stereocenters. The summed E-state index contributed by atoms with van der Waals surface area (Å²) >= 11 is 1.07. The lowest BCUT2D eigenvalue weighted by atomic mass is 10.2. The Hall–Kier alpha value is -0.640. The number of hydrogen-bond acceptors (Lipinski definition) is 3. The van der Waals surface area contributed by atoms with Crippen molar-refractivity contribution in [2.24, 2.45) is 0 Å². The van der Waals surface area contributed by atoms with Crippen molar-refractivity contribution in [1.82, 2.24) is 9.36 Å². The van der Waals surface area contributed by atoms with Crippen LogP contribution >= 0.6 is 11.5 Å². The standard InChI is InChI=1S/C7H12N2OS/c1-2-3-4-5-6-8-7(10)11-9-6/h2-5H2,1H3,(H,8,9,10). The zero-order valence-corrected chi connectivity index (χ0v) is 7.41. The quantitative estimate of drug-likeness (QED) is 0.700. The van der Waals surface area contributed by atoms with Crippen LogP contribution in [-0.4, -0.2) is 9.36 Å². The van der Waals surface area contributed by atoms with Crippen LogP contribution in [0.5, 0.6) is 0 Å². The van der Waals surface area contributed by atoms with Crippen LogP contribution in [0.1, 0.15) is 32.0 Å². The van der Waals surface area contributed by atoms with E-state index < -0.39 is 0 Å². The van der Waals surface area contributed by atoms with Gasteiger partial charge in [-0.1, -0.05) is 19.8 Å². The molecule has 3 nitrogen and oxygen atoms in total. The van der Waals surface area contributed by atoms with Crippen LogP contribution in [0.25, 0.3) is 0 Å². The Kier molecular flexibility index (Phi) is 3.29. The first-order valence-electron chi connectivity index (χ1n) is 3.87. The van der Waals surface area contributed by atoms with E-state index in [9.17, 15) is 4.79 Å². The van der Waals surface area contributed by atoms with Crippen molar-refractivity contribution in [3.8, 4) is 0 Å². The molecule has 1 aromatic rings. The van der Waals surface area contributed by atoms with Crippen LogP contribution in [0, 0.1) is 0 Å². The minimum absolute atomic E-state index is 0.114. The average Bonchev–Trinajstić information content (AvgIpc) is 2.37. The summed E-state index contributed by atoms with van der Waals surface area (Å²) in [7, 11) is 0. The third-order valence-corrected chi connectivity index (χ3v) is 2.10. The molecule has 1 aromatic heterocycles. The normalized spacial score (nSPS) is 10.3. The Bertz CT molecular complexity index is 253. The molecule has 0 aliphatic carbocycles. The lowest BCUT2D eigenvalue weighted by molar-refractivity contribution is 0.699. The van der Waals surface area contributed by atoms with E-state index in [1.54, 1.807) is 0 Å². The fourth-order valence-corrected chi connectivity index (χ4v) is 1.42. The van der Waals surface area contributed by atoms with Gasteiger partial charge in [-0.05, 0) is 6.42 Å². The van der Waals surface area contributed by atoms with E-state index in [4.69, 9.17) is 0 Å². The molecule has 1 N–H and O–H groups in total. The van der Waals surface area contributed by atoms with Crippen LogP contribution in [0.3, 0.4) is 0 Å². The van der Waals surface area contributed by atoms with Crippen LogP contribution in [0.2, 0.25) is 0 Å². The van der Waals surface area contributed by atoms with E-state index in [2.05, 4.69) is 16.3 Å². The molecule has 0 fully saturated rings. The summed E-state index contributed by atoms with van der Waals surface area (Å²) < 4.78 is 2.88.